The topological polar surface area (TPSA) is 51.8 Å². The van der Waals surface area contributed by atoms with Gasteiger partial charge in [-0.2, -0.15) is 0 Å². The molecule has 4 heteroatoms. The predicted octanol–water partition coefficient (Wildman–Crippen LogP) is 5.56. The molecule has 0 amide bonds. The van der Waals surface area contributed by atoms with E-state index in [0.29, 0.717) is 12.5 Å². The van der Waals surface area contributed by atoms with Crippen LogP contribution >= 0.6 is 0 Å². The van der Waals surface area contributed by atoms with Crippen molar-refractivity contribution in [2.45, 2.75) is 58.3 Å². The first-order valence-corrected chi connectivity index (χ1v) is 9.19. The number of furan rings is 1. The molecule has 0 saturated heterocycles. The van der Waals surface area contributed by atoms with Gasteiger partial charge in [-0.05, 0) is 59.4 Å². The number of carbonyl (C=O) groups is 1. The van der Waals surface area contributed by atoms with E-state index >= 15 is 0 Å². The Morgan fingerprint density at radius 1 is 1.12 bits per heavy atom. The number of esters is 1. The summed E-state index contributed by atoms with van der Waals surface area (Å²) in [4.78, 5) is 16.0. The summed E-state index contributed by atoms with van der Waals surface area (Å²) in [6.45, 7) is 11.3. The summed E-state index contributed by atoms with van der Waals surface area (Å²) in [7, 11) is 0. The highest BCUT2D eigenvalue weighted by Gasteiger charge is 2.36. The molecule has 1 aliphatic rings. The molecule has 0 unspecified atom stereocenters. The van der Waals surface area contributed by atoms with Gasteiger partial charge in [0.15, 0.2) is 0 Å². The van der Waals surface area contributed by atoms with Crippen LogP contribution in [0.1, 0.15) is 74.7 Å². The van der Waals surface area contributed by atoms with Crippen molar-refractivity contribution in [3.63, 3.8) is 0 Å². The molecule has 1 aromatic carbocycles. The highest BCUT2D eigenvalue weighted by Crippen LogP contribution is 2.45. The van der Waals surface area contributed by atoms with E-state index in [1.165, 1.54) is 24.0 Å². The highest BCUT2D eigenvalue weighted by molar-refractivity contribution is 5.87. The largest absolute Gasteiger partial charge is 0.460 e. The molecule has 0 saturated carbocycles. The van der Waals surface area contributed by atoms with Crippen LogP contribution in [0.2, 0.25) is 0 Å². The third kappa shape index (κ3) is 3.59. The lowest BCUT2D eigenvalue weighted by molar-refractivity contribution is 0.0491. The zero-order valence-corrected chi connectivity index (χ0v) is 16.3. The summed E-state index contributed by atoms with van der Waals surface area (Å²) >= 11 is 0. The van der Waals surface area contributed by atoms with Crippen molar-refractivity contribution < 1.29 is 13.9 Å². The minimum atomic E-state index is -0.466. The number of fused-ring (bicyclic) bond motifs is 1. The van der Waals surface area contributed by atoms with Crippen molar-refractivity contribution >= 4 is 18.1 Å². The fourth-order valence-electron chi connectivity index (χ4n) is 3.53. The Morgan fingerprint density at radius 3 is 2.50 bits per heavy atom. The third-order valence-corrected chi connectivity index (χ3v) is 5.29. The normalized spacial score (nSPS) is 17.9. The first-order chi connectivity index (χ1) is 12.2. The number of nitrogens with zero attached hydrogens (tertiary/aromatic N) is 1. The number of ether oxygens (including phenoxy) is 1. The third-order valence-electron chi connectivity index (χ3n) is 5.29. The molecule has 26 heavy (non-hydrogen) atoms. The highest BCUT2D eigenvalue weighted by atomic mass is 16.5. The van der Waals surface area contributed by atoms with Gasteiger partial charge in [0.1, 0.15) is 0 Å². The Morgan fingerprint density at radius 2 is 1.81 bits per heavy atom. The second-order valence-electron chi connectivity index (χ2n) is 8.19. The summed E-state index contributed by atoms with van der Waals surface area (Å²) in [6, 6.07) is 9.82. The maximum absolute atomic E-state index is 11.7. The van der Waals surface area contributed by atoms with Gasteiger partial charge < -0.3 is 9.15 Å². The van der Waals surface area contributed by atoms with Gasteiger partial charge in [-0.1, -0.05) is 39.8 Å². The average Bonchev–Trinajstić information content (AvgIpc) is 3.07. The Labute approximate surface area is 155 Å². The van der Waals surface area contributed by atoms with Crippen LogP contribution < -0.4 is 0 Å². The zero-order valence-electron chi connectivity index (χ0n) is 16.3. The Kier molecular flexibility index (Phi) is 4.78. The molecule has 0 N–H and O–H groups in total. The van der Waals surface area contributed by atoms with Crippen LogP contribution in [0.4, 0.5) is 5.88 Å². The van der Waals surface area contributed by atoms with Gasteiger partial charge in [0.25, 0.3) is 0 Å². The summed E-state index contributed by atoms with van der Waals surface area (Å²) in [5, 5.41) is 0. The van der Waals surface area contributed by atoms with E-state index in [0.717, 1.165) is 5.56 Å². The Balaban J connectivity index is 1.85. The monoisotopic (exact) mass is 353 g/mol. The van der Waals surface area contributed by atoms with Crippen LogP contribution in [0.3, 0.4) is 0 Å². The second-order valence-corrected chi connectivity index (χ2v) is 8.19. The van der Waals surface area contributed by atoms with Gasteiger partial charge in [0, 0.05) is 12.3 Å². The Bertz CT molecular complexity index is 843. The number of benzene rings is 1. The molecule has 0 bridgehead atoms. The molecule has 1 aliphatic carbocycles. The maximum atomic E-state index is 11.7. The molecule has 3 rings (SSSR count). The van der Waals surface area contributed by atoms with Crippen molar-refractivity contribution in [3.8, 4) is 0 Å². The summed E-state index contributed by atoms with van der Waals surface area (Å²) in [5.74, 6) is 0.101. The number of rotatable bonds is 4. The lowest BCUT2D eigenvalue weighted by Crippen LogP contribution is -2.33. The molecule has 0 spiro atoms. The quantitative estimate of drug-likeness (QED) is 0.534. The van der Waals surface area contributed by atoms with Gasteiger partial charge in [-0.25, -0.2) is 9.79 Å². The molecule has 138 valence electrons. The molecule has 0 fully saturated rings. The number of hydrogen-bond donors (Lipinski definition) is 0. The SMILES string of the molecule is CCOC(=O)c1ccc(N=Cc2ccc3c(c2)C(C)(C)CCC3(C)C)o1. The van der Waals surface area contributed by atoms with Crippen LogP contribution in [0.15, 0.2) is 39.7 Å². The fourth-order valence-corrected chi connectivity index (χ4v) is 3.53. The number of aliphatic imine (C=N–C) groups is 1. The molecular formula is C22H27NO3. The first kappa shape index (κ1) is 18.4. The first-order valence-electron chi connectivity index (χ1n) is 9.19. The van der Waals surface area contributed by atoms with Crippen molar-refractivity contribution in [3.05, 3.63) is 52.8 Å². The smallest absolute Gasteiger partial charge is 0.374 e. The molecule has 0 aliphatic heterocycles. The van der Waals surface area contributed by atoms with E-state index in [1.807, 2.05) is 0 Å². The van der Waals surface area contributed by atoms with E-state index < -0.39 is 5.97 Å². The van der Waals surface area contributed by atoms with Crippen LogP contribution in [-0.2, 0) is 15.6 Å². The van der Waals surface area contributed by atoms with Crippen LogP contribution in [-0.4, -0.2) is 18.8 Å². The van der Waals surface area contributed by atoms with E-state index in [2.05, 4.69) is 50.9 Å². The molecule has 1 aromatic heterocycles. The van der Waals surface area contributed by atoms with Crippen molar-refractivity contribution in [1.82, 2.24) is 0 Å². The summed E-state index contributed by atoms with van der Waals surface area (Å²) in [6.07, 6.45) is 4.16. The molecule has 0 atom stereocenters. The summed E-state index contributed by atoms with van der Waals surface area (Å²) < 4.78 is 10.4. The standard InChI is InChI=1S/C22H27NO3/c1-6-25-20(24)18-9-10-19(26-18)23-14-15-7-8-16-17(13-15)22(4,5)12-11-21(16,2)3/h7-10,13-14H,6,11-12H2,1-5H3. The summed E-state index contributed by atoms with van der Waals surface area (Å²) in [5.41, 5.74) is 4.22. The van der Waals surface area contributed by atoms with Crippen LogP contribution in [0, 0.1) is 0 Å². The fraction of sp³-hybridized carbons (Fsp3) is 0.455. The maximum Gasteiger partial charge on any atom is 0.374 e. The predicted molar refractivity (Wildman–Crippen MR) is 104 cm³/mol. The minimum Gasteiger partial charge on any atom is -0.460 e. The van der Waals surface area contributed by atoms with E-state index in [4.69, 9.17) is 9.15 Å². The molecule has 0 radical (unpaired) electrons. The van der Waals surface area contributed by atoms with Crippen molar-refractivity contribution in [2.75, 3.05) is 6.61 Å². The molecule has 1 heterocycles. The zero-order chi connectivity index (χ0) is 18.9. The van der Waals surface area contributed by atoms with Gasteiger partial charge in [-0.15, -0.1) is 0 Å². The van der Waals surface area contributed by atoms with E-state index in [1.54, 1.807) is 25.3 Å². The van der Waals surface area contributed by atoms with Crippen LogP contribution in [0.25, 0.3) is 0 Å². The second kappa shape index (κ2) is 6.75. The van der Waals surface area contributed by atoms with Gasteiger partial charge in [0.2, 0.25) is 11.6 Å². The lowest BCUT2D eigenvalue weighted by atomic mass is 9.63. The van der Waals surface area contributed by atoms with Gasteiger partial charge in [-0.3, -0.25) is 0 Å². The number of carbonyl (C=O) groups excluding carboxylic acids is 1. The Hall–Kier alpha value is -2.36. The minimum absolute atomic E-state index is 0.163. The van der Waals surface area contributed by atoms with Crippen molar-refractivity contribution in [2.24, 2.45) is 4.99 Å². The van der Waals surface area contributed by atoms with Crippen LogP contribution in [0.5, 0.6) is 0 Å². The molecular weight excluding hydrogens is 326 g/mol. The number of hydrogen-bond acceptors (Lipinski definition) is 4. The average molecular weight is 353 g/mol. The van der Waals surface area contributed by atoms with Gasteiger partial charge >= 0.3 is 5.97 Å². The lowest BCUT2D eigenvalue weighted by Gasteiger charge is -2.42. The van der Waals surface area contributed by atoms with Gasteiger partial charge in [0.05, 0.1) is 6.61 Å². The van der Waals surface area contributed by atoms with E-state index in [9.17, 15) is 4.79 Å². The van der Waals surface area contributed by atoms with Crippen molar-refractivity contribution in [1.29, 1.82) is 0 Å². The van der Waals surface area contributed by atoms with E-state index in [-0.39, 0.29) is 16.6 Å². The molecule has 2 aromatic rings. The molecule has 4 nitrogen and oxygen atoms in total.